The standard InChI is InChI=1S/C7H8/c1-7(2)5-3-4-6-7/h5-6H,1-2H3. The van der Waals surface area contributed by atoms with Crippen molar-refractivity contribution in [3.63, 3.8) is 0 Å². The van der Waals surface area contributed by atoms with E-state index in [1.807, 2.05) is 12.2 Å². The Bertz CT molecular complexity index is 142. The molecule has 0 saturated heterocycles. The molecule has 0 bridgehead atoms. The third kappa shape index (κ3) is 0.838. The summed E-state index contributed by atoms with van der Waals surface area (Å²) in [5, 5.41) is 0. The second-order valence-electron chi connectivity index (χ2n) is 2.40. The highest BCUT2D eigenvalue weighted by Crippen LogP contribution is 2.19. The van der Waals surface area contributed by atoms with E-state index < -0.39 is 0 Å². The largest absolute Gasteiger partial charge is 0.0740 e. The molecule has 0 spiro atoms. The number of allylic oxidation sites excluding steroid dienone is 2. The van der Waals surface area contributed by atoms with Crippen molar-refractivity contribution in [2.24, 2.45) is 5.41 Å². The van der Waals surface area contributed by atoms with E-state index in [-0.39, 0.29) is 5.41 Å². The molecule has 1 rings (SSSR count). The predicted molar refractivity (Wildman–Crippen MR) is 29.9 cm³/mol. The van der Waals surface area contributed by atoms with Crippen molar-refractivity contribution in [3.05, 3.63) is 23.6 Å². The Hall–Kier alpha value is -0.700. The van der Waals surface area contributed by atoms with Crippen LogP contribution in [0.2, 0.25) is 0 Å². The molecule has 7 heavy (non-hydrogen) atoms. The average molecular weight is 92.1 g/mol. The minimum absolute atomic E-state index is 0.222. The molecule has 0 amide bonds. The van der Waals surface area contributed by atoms with Crippen LogP contribution in [0.3, 0.4) is 0 Å². The summed E-state index contributed by atoms with van der Waals surface area (Å²) in [5.74, 6) is 0. The zero-order valence-electron chi connectivity index (χ0n) is 4.65. The fraction of sp³-hybridized carbons (Fsp3) is 0.429. The van der Waals surface area contributed by atoms with E-state index in [0.717, 1.165) is 0 Å². The molecule has 36 valence electrons. The van der Waals surface area contributed by atoms with E-state index in [2.05, 4.69) is 25.3 Å². The zero-order valence-corrected chi connectivity index (χ0v) is 4.65. The second kappa shape index (κ2) is 1.13. The quantitative estimate of drug-likeness (QED) is 0.400. The summed E-state index contributed by atoms with van der Waals surface area (Å²) in [6, 6.07) is 0. The summed E-state index contributed by atoms with van der Waals surface area (Å²) in [6.45, 7) is 4.25. The van der Waals surface area contributed by atoms with Crippen molar-refractivity contribution in [2.45, 2.75) is 13.8 Å². The highest BCUT2D eigenvalue weighted by Gasteiger charge is 2.09. The molecule has 0 atom stereocenters. The van der Waals surface area contributed by atoms with Gasteiger partial charge in [-0.3, -0.25) is 0 Å². The van der Waals surface area contributed by atoms with Crippen LogP contribution >= 0.6 is 0 Å². The minimum Gasteiger partial charge on any atom is -0.0740 e. The lowest BCUT2D eigenvalue weighted by molar-refractivity contribution is 0.635. The Morgan fingerprint density at radius 3 is 1.71 bits per heavy atom. The molecule has 0 aliphatic heterocycles. The van der Waals surface area contributed by atoms with E-state index in [9.17, 15) is 0 Å². The monoisotopic (exact) mass is 92.1 g/mol. The van der Waals surface area contributed by atoms with Gasteiger partial charge < -0.3 is 0 Å². The second-order valence-corrected chi connectivity index (χ2v) is 2.40. The van der Waals surface area contributed by atoms with Gasteiger partial charge in [0.2, 0.25) is 0 Å². The minimum atomic E-state index is 0.222. The van der Waals surface area contributed by atoms with E-state index >= 15 is 0 Å². The highest BCUT2D eigenvalue weighted by atomic mass is 14.1. The first-order chi connectivity index (χ1) is 3.21. The summed E-state index contributed by atoms with van der Waals surface area (Å²) in [7, 11) is 0. The SMILES string of the molecule is CC1(C)C=C=C=C1. The van der Waals surface area contributed by atoms with Gasteiger partial charge in [0, 0.05) is 5.41 Å². The van der Waals surface area contributed by atoms with Crippen LogP contribution in [0.1, 0.15) is 13.8 Å². The van der Waals surface area contributed by atoms with Gasteiger partial charge in [-0.25, -0.2) is 0 Å². The molecule has 0 radical (unpaired) electrons. The molecule has 0 nitrogen and oxygen atoms in total. The number of rotatable bonds is 0. The van der Waals surface area contributed by atoms with Crippen LogP contribution in [0.5, 0.6) is 0 Å². The lowest BCUT2D eigenvalue weighted by Gasteiger charge is -2.06. The molecule has 1 aliphatic rings. The fourth-order valence-electron chi connectivity index (χ4n) is 0.497. The van der Waals surface area contributed by atoms with Crippen molar-refractivity contribution < 1.29 is 0 Å². The molecule has 1 aliphatic carbocycles. The van der Waals surface area contributed by atoms with Crippen LogP contribution in [-0.2, 0) is 0 Å². The molecule has 0 heteroatoms. The van der Waals surface area contributed by atoms with Gasteiger partial charge in [0.1, 0.15) is 0 Å². The van der Waals surface area contributed by atoms with Gasteiger partial charge in [-0.15, -0.1) is 0 Å². The van der Waals surface area contributed by atoms with Gasteiger partial charge in [0.25, 0.3) is 0 Å². The van der Waals surface area contributed by atoms with Crippen molar-refractivity contribution in [3.8, 4) is 0 Å². The van der Waals surface area contributed by atoms with Crippen LogP contribution < -0.4 is 0 Å². The Balaban J connectivity index is 2.96. The number of hydrogen-bond acceptors (Lipinski definition) is 0. The molecule has 0 fully saturated rings. The molecule has 0 aromatic carbocycles. The van der Waals surface area contributed by atoms with E-state index in [1.54, 1.807) is 0 Å². The first-order valence-corrected chi connectivity index (χ1v) is 2.40. The summed E-state index contributed by atoms with van der Waals surface area (Å²) >= 11 is 0. The Morgan fingerprint density at radius 2 is 1.57 bits per heavy atom. The smallest absolute Gasteiger partial charge is 0.0168 e. The first kappa shape index (κ1) is 4.46. The summed E-state index contributed by atoms with van der Waals surface area (Å²) in [5.41, 5.74) is 5.99. The van der Waals surface area contributed by atoms with Gasteiger partial charge in [0.15, 0.2) is 0 Å². The molecule has 0 aromatic heterocycles. The van der Waals surface area contributed by atoms with Crippen molar-refractivity contribution in [2.75, 3.05) is 0 Å². The van der Waals surface area contributed by atoms with E-state index in [4.69, 9.17) is 0 Å². The summed E-state index contributed by atoms with van der Waals surface area (Å²) in [6.07, 6.45) is 4.01. The third-order valence-electron chi connectivity index (χ3n) is 0.972. The van der Waals surface area contributed by atoms with Crippen LogP contribution in [0.15, 0.2) is 23.6 Å². The normalized spacial score (nSPS) is 21.4. The average Bonchev–Trinajstić information content (AvgIpc) is 1.84. The lowest BCUT2D eigenvalue weighted by atomic mass is 9.96. The third-order valence-corrected chi connectivity index (χ3v) is 0.972. The molecule has 0 N–H and O–H groups in total. The Morgan fingerprint density at radius 1 is 1.14 bits per heavy atom. The maximum absolute atomic E-state index is 2.88. The molecular formula is C7H8. The number of hydrogen-bond donors (Lipinski definition) is 0. The van der Waals surface area contributed by atoms with Gasteiger partial charge in [-0.05, 0) is 12.2 Å². The first-order valence-electron chi connectivity index (χ1n) is 2.40. The molecule has 0 heterocycles. The fourth-order valence-corrected chi connectivity index (χ4v) is 0.497. The zero-order chi connectivity index (χ0) is 5.33. The van der Waals surface area contributed by atoms with Crippen molar-refractivity contribution in [1.82, 2.24) is 0 Å². The summed E-state index contributed by atoms with van der Waals surface area (Å²) in [4.78, 5) is 0. The van der Waals surface area contributed by atoms with Crippen molar-refractivity contribution in [1.29, 1.82) is 0 Å². The molecule has 0 aromatic rings. The molecule has 0 unspecified atom stereocenters. The van der Waals surface area contributed by atoms with E-state index in [1.165, 1.54) is 0 Å². The Kier molecular flexibility index (Phi) is 0.722. The van der Waals surface area contributed by atoms with Gasteiger partial charge in [-0.1, -0.05) is 25.3 Å². The highest BCUT2D eigenvalue weighted by molar-refractivity contribution is 5.12. The summed E-state index contributed by atoms with van der Waals surface area (Å²) < 4.78 is 0. The Labute approximate surface area is 43.9 Å². The van der Waals surface area contributed by atoms with Crippen LogP contribution in [0.4, 0.5) is 0 Å². The van der Waals surface area contributed by atoms with Gasteiger partial charge >= 0.3 is 0 Å². The van der Waals surface area contributed by atoms with Crippen LogP contribution in [-0.4, -0.2) is 0 Å². The van der Waals surface area contributed by atoms with Crippen molar-refractivity contribution >= 4 is 0 Å². The van der Waals surface area contributed by atoms with E-state index in [0.29, 0.717) is 0 Å². The van der Waals surface area contributed by atoms with Gasteiger partial charge in [-0.2, -0.15) is 0 Å². The maximum Gasteiger partial charge on any atom is 0.0168 e. The van der Waals surface area contributed by atoms with Gasteiger partial charge in [0.05, 0.1) is 0 Å². The predicted octanol–water partition coefficient (Wildman–Crippen LogP) is 1.89. The maximum atomic E-state index is 2.88. The van der Waals surface area contributed by atoms with Crippen LogP contribution in [0, 0.1) is 5.41 Å². The topological polar surface area (TPSA) is 0 Å². The lowest BCUT2D eigenvalue weighted by Crippen LogP contribution is -1.97. The van der Waals surface area contributed by atoms with Crippen LogP contribution in [0.25, 0.3) is 0 Å². The molecular weight excluding hydrogens is 84.1 g/mol. The molecule has 0 saturated carbocycles.